The Morgan fingerprint density at radius 2 is 2.05 bits per heavy atom. The highest BCUT2D eigenvalue weighted by molar-refractivity contribution is 5.79. The molecule has 0 saturated heterocycles. The molecule has 0 aliphatic rings. The highest BCUT2D eigenvalue weighted by atomic mass is 19.2. The maximum absolute atomic E-state index is 13.3. The largest absolute Gasteiger partial charge is 0.481 e. The first-order valence-corrected chi connectivity index (χ1v) is 6.22. The second-order valence-corrected chi connectivity index (χ2v) is 4.45. The van der Waals surface area contributed by atoms with Crippen molar-refractivity contribution in [2.75, 3.05) is 18.0 Å². The molecule has 0 radical (unpaired) electrons. The lowest BCUT2D eigenvalue weighted by Gasteiger charge is -2.20. The van der Waals surface area contributed by atoms with Crippen LogP contribution in [0, 0.1) is 11.6 Å². The zero-order valence-electron chi connectivity index (χ0n) is 11.2. The van der Waals surface area contributed by atoms with Gasteiger partial charge in [-0.1, -0.05) is 0 Å². The number of aromatic nitrogens is 2. The third-order valence-electron chi connectivity index (χ3n) is 3.16. The van der Waals surface area contributed by atoms with Gasteiger partial charge >= 0.3 is 5.97 Å². The third kappa shape index (κ3) is 2.56. The highest BCUT2D eigenvalue weighted by Gasteiger charge is 2.16. The van der Waals surface area contributed by atoms with Crippen molar-refractivity contribution in [3.63, 3.8) is 0 Å². The van der Waals surface area contributed by atoms with E-state index in [4.69, 9.17) is 5.11 Å². The first-order valence-electron chi connectivity index (χ1n) is 6.22. The molecule has 1 heterocycles. The zero-order chi connectivity index (χ0) is 14.9. The van der Waals surface area contributed by atoms with E-state index in [-0.39, 0.29) is 13.0 Å². The van der Waals surface area contributed by atoms with E-state index in [0.29, 0.717) is 23.5 Å². The molecule has 7 heteroatoms. The van der Waals surface area contributed by atoms with Gasteiger partial charge in [0.2, 0.25) is 5.95 Å². The van der Waals surface area contributed by atoms with Crippen LogP contribution in [0.25, 0.3) is 11.0 Å². The molecule has 0 aliphatic heterocycles. The molecule has 1 N–H and O–H groups in total. The molecule has 1 aromatic carbocycles. The van der Waals surface area contributed by atoms with Crippen LogP contribution in [0.4, 0.5) is 14.7 Å². The molecule has 1 aromatic heterocycles. The van der Waals surface area contributed by atoms with Crippen LogP contribution in [0.2, 0.25) is 0 Å². The molecule has 0 aliphatic carbocycles. The van der Waals surface area contributed by atoms with Gasteiger partial charge in [-0.3, -0.25) is 4.79 Å². The second kappa shape index (κ2) is 5.44. The van der Waals surface area contributed by atoms with Crippen LogP contribution >= 0.6 is 0 Å². The maximum Gasteiger partial charge on any atom is 0.305 e. The Bertz CT molecular complexity index is 655. The summed E-state index contributed by atoms with van der Waals surface area (Å²) in [6.45, 7) is 2.70. The molecule has 0 atom stereocenters. The van der Waals surface area contributed by atoms with E-state index in [1.165, 1.54) is 0 Å². The lowest BCUT2D eigenvalue weighted by Crippen LogP contribution is -2.28. The van der Waals surface area contributed by atoms with Crippen LogP contribution < -0.4 is 4.90 Å². The minimum atomic E-state index is -0.948. The fraction of sp³-hybridized carbons (Fsp3) is 0.385. The Balaban J connectivity index is 2.42. The van der Waals surface area contributed by atoms with Crippen molar-refractivity contribution in [3.8, 4) is 0 Å². The van der Waals surface area contributed by atoms with E-state index in [9.17, 15) is 13.6 Å². The number of halogens is 2. The fourth-order valence-electron chi connectivity index (χ4n) is 2.09. The Labute approximate surface area is 114 Å². The number of aliphatic carboxylic acids is 1. The average molecular weight is 283 g/mol. The topological polar surface area (TPSA) is 58.4 Å². The third-order valence-corrected chi connectivity index (χ3v) is 3.16. The standard InChI is InChI=1S/C13H15F2N3O2/c1-3-18(5-4-12(19)20)13-16-10-6-8(14)9(15)7-11(10)17(13)2/h6-7H,3-5H2,1-2H3,(H,19,20). The van der Waals surface area contributed by atoms with E-state index in [1.807, 2.05) is 6.92 Å². The highest BCUT2D eigenvalue weighted by Crippen LogP contribution is 2.23. The summed E-state index contributed by atoms with van der Waals surface area (Å²) in [5, 5.41) is 8.73. The molecule has 0 fully saturated rings. The fourth-order valence-corrected chi connectivity index (χ4v) is 2.09. The molecular weight excluding hydrogens is 268 g/mol. The van der Waals surface area contributed by atoms with E-state index < -0.39 is 17.6 Å². The predicted molar refractivity (Wildman–Crippen MR) is 70.8 cm³/mol. The Morgan fingerprint density at radius 1 is 1.40 bits per heavy atom. The number of rotatable bonds is 5. The zero-order valence-corrected chi connectivity index (χ0v) is 11.2. The number of hydrogen-bond donors (Lipinski definition) is 1. The number of imidazole rings is 1. The number of hydrogen-bond acceptors (Lipinski definition) is 3. The van der Waals surface area contributed by atoms with Gasteiger partial charge in [-0.05, 0) is 6.92 Å². The molecule has 0 saturated carbocycles. The van der Waals surface area contributed by atoms with Gasteiger partial charge in [0.05, 0.1) is 17.5 Å². The van der Waals surface area contributed by atoms with Crippen molar-refractivity contribution in [3.05, 3.63) is 23.8 Å². The van der Waals surface area contributed by atoms with Crippen LogP contribution in [-0.4, -0.2) is 33.7 Å². The number of carbonyl (C=O) groups is 1. The molecule has 0 bridgehead atoms. The molecular formula is C13H15F2N3O2. The number of carboxylic acid groups (broad SMARTS) is 1. The minimum absolute atomic E-state index is 0.0280. The Morgan fingerprint density at radius 3 is 2.65 bits per heavy atom. The number of fused-ring (bicyclic) bond motifs is 1. The predicted octanol–water partition coefficient (Wildman–Crippen LogP) is 2.15. The summed E-state index contributed by atoms with van der Waals surface area (Å²) in [6, 6.07) is 2.13. The number of aryl methyl sites for hydroxylation is 1. The van der Waals surface area contributed by atoms with Gasteiger partial charge in [-0.2, -0.15) is 0 Å². The first-order chi connectivity index (χ1) is 9.43. The van der Waals surface area contributed by atoms with Gasteiger partial charge in [-0.25, -0.2) is 13.8 Å². The van der Waals surface area contributed by atoms with Crippen LogP contribution in [0.1, 0.15) is 13.3 Å². The van der Waals surface area contributed by atoms with Gasteiger partial charge in [0.1, 0.15) is 0 Å². The van der Waals surface area contributed by atoms with Crippen LogP contribution in [0.5, 0.6) is 0 Å². The van der Waals surface area contributed by atoms with Crippen molar-refractivity contribution in [2.45, 2.75) is 13.3 Å². The molecule has 2 rings (SSSR count). The molecule has 0 spiro atoms. The second-order valence-electron chi connectivity index (χ2n) is 4.45. The van der Waals surface area contributed by atoms with Crippen molar-refractivity contribution in [2.24, 2.45) is 7.05 Å². The lowest BCUT2D eigenvalue weighted by atomic mass is 10.3. The summed E-state index contributed by atoms with van der Waals surface area (Å²) in [4.78, 5) is 16.7. The van der Waals surface area contributed by atoms with Gasteiger partial charge in [0.25, 0.3) is 0 Å². The summed E-state index contributed by atoms with van der Waals surface area (Å²) in [5.74, 6) is -2.29. The van der Waals surface area contributed by atoms with Crippen molar-refractivity contribution < 1.29 is 18.7 Å². The van der Waals surface area contributed by atoms with Crippen molar-refractivity contribution in [1.29, 1.82) is 0 Å². The molecule has 108 valence electrons. The summed E-state index contributed by atoms with van der Waals surface area (Å²) in [5.41, 5.74) is 0.808. The van der Waals surface area contributed by atoms with Gasteiger partial charge in [0, 0.05) is 32.3 Å². The van der Waals surface area contributed by atoms with Crippen LogP contribution in [0.3, 0.4) is 0 Å². The number of anilines is 1. The molecule has 0 unspecified atom stereocenters. The summed E-state index contributed by atoms with van der Waals surface area (Å²) >= 11 is 0. The monoisotopic (exact) mass is 283 g/mol. The Hall–Kier alpha value is -2.18. The van der Waals surface area contributed by atoms with E-state index in [1.54, 1.807) is 16.5 Å². The van der Waals surface area contributed by atoms with Gasteiger partial charge in [0.15, 0.2) is 11.6 Å². The average Bonchev–Trinajstić information content (AvgIpc) is 2.69. The molecule has 0 amide bonds. The molecule has 5 nitrogen and oxygen atoms in total. The quantitative estimate of drug-likeness (QED) is 0.913. The smallest absolute Gasteiger partial charge is 0.305 e. The first kappa shape index (κ1) is 14.2. The number of benzene rings is 1. The minimum Gasteiger partial charge on any atom is -0.481 e. The molecule has 20 heavy (non-hydrogen) atoms. The Kier molecular flexibility index (Phi) is 3.87. The summed E-state index contributed by atoms with van der Waals surface area (Å²) in [6.07, 6.45) is -0.0280. The van der Waals surface area contributed by atoms with Gasteiger partial charge < -0.3 is 14.6 Å². The normalized spacial score (nSPS) is 11.0. The SMILES string of the molecule is CCN(CCC(=O)O)c1nc2cc(F)c(F)cc2n1C. The van der Waals surface area contributed by atoms with Crippen LogP contribution in [0.15, 0.2) is 12.1 Å². The van der Waals surface area contributed by atoms with E-state index >= 15 is 0 Å². The van der Waals surface area contributed by atoms with Crippen LogP contribution in [-0.2, 0) is 11.8 Å². The summed E-state index contributed by atoms with van der Waals surface area (Å²) in [7, 11) is 1.69. The lowest BCUT2D eigenvalue weighted by molar-refractivity contribution is -0.136. The molecule has 2 aromatic rings. The van der Waals surface area contributed by atoms with Crippen molar-refractivity contribution in [1.82, 2.24) is 9.55 Å². The van der Waals surface area contributed by atoms with E-state index in [2.05, 4.69) is 4.98 Å². The number of nitrogens with zero attached hydrogens (tertiary/aromatic N) is 3. The summed E-state index contributed by atoms with van der Waals surface area (Å²) < 4.78 is 28.1. The maximum atomic E-state index is 13.3. The number of carboxylic acids is 1. The van der Waals surface area contributed by atoms with Crippen molar-refractivity contribution >= 4 is 23.0 Å². The van der Waals surface area contributed by atoms with E-state index in [0.717, 1.165) is 12.1 Å². The van der Waals surface area contributed by atoms with Gasteiger partial charge in [-0.15, -0.1) is 0 Å².